The molecule has 0 aromatic heterocycles. The second kappa shape index (κ2) is 13.3. The van der Waals surface area contributed by atoms with Crippen LogP contribution in [-0.4, -0.2) is 48.6 Å². The summed E-state index contributed by atoms with van der Waals surface area (Å²) in [5.41, 5.74) is 0. The molecule has 0 aliphatic carbocycles. The summed E-state index contributed by atoms with van der Waals surface area (Å²) in [5.74, 6) is -4.32. The molecule has 0 bridgehead atoms. The lowest BCUT2D eigenvalue weighted by atomic mass is 10.0. The van der Waals surface area contributed by atoms with Crippen LogP contribution in [-0.2, 0) is 23.8 Å². The Kier molecular flexibility index (Phi) is 12.8. The number of carboxylic acid groups (broad SMARTS) is 1. The van der Waals surface area contributed by atoms with Crippen molar-refractivity contribution in [2.75, 3.05) is 19.8 Å². The molecular weight excluding hydrogens is 312 g/mol. The second-order valence-corrected chi connectivity index (χ2v) is 5.81. The van der Waals surface area contributed by atoms with Gasteiger partial charge in [-0.2, -0.15) is 0 Å². The molecule has 0 rings (SSSR count). The average molecular weight is 346 g/mol. The van der Waals surface area contributed by atoms with Gasteiger partial charge < -0.3 is 19.3 Å². The first-order valence-corrected chi connectivity index (χ1v) is 9.17. The standard InChI is InChI=1S/C18H34O6/c1-5-9-12-22-15(8-4)16(19)18(17(20)21,23-13-10-6-2)24-14-11-7-3/h15H,5-14H2,1-4H3,(H,20,21). The molecule has 0 radical (unpaired) electrons. The fraction of sp³-hybridized carbons (Fsp3) is 0.889. The van der Waals surface area contributed by atoms with Crippen LogP contribution >= 0.6 is 0 Å². The Hall–Kier alpha value is -0.980. The van der Waals surface area contributed by atoms with E-state index in [2.05, 4.69) is 0 Å². The van der Waals surface area contributed by atoms with Gasteiger partial charge in [0.05, 0.1) is 13.2 Å². The smallest absolute Gasteiger partial charge is 0.373 e. The van der Waals surface area contributed by atoms with Crippen molar-refractivity contribution < 1.29 is 28.9 Å². The van der Waals surface area contributed by atoms with Gasteiger partial charge in [-0.05, 0) is 25.7 Å². The SMILES string of the molecule is CCCCOC(CC)C(=O)C(OCCCC)(OCCCC)C(=O)O. The summed E-state index contributed by atoms with van der Waals surface area (Å²) in [6.45, 7) is 8.48. The summed E-state index contributed by atoms with van der Waals surface area (Å²) in [5, 5.41) is 9.68. The molecule has 0 aromatic rings. The van der Waals surface area contributed by atoms with Crippen molar-refractivity contribution in [2.45, 2.75) is 84.5 Å². The van der Waals surface area contributed by atoms with E-state index in [9.17, 15) is 14.7 Å². The molecule has 0 aromatic carbocycles. The Morgan fingerprint density at radius 2 is 1.33 bits per heavy atom. The van der Waals surface area contributed by atoms with Gasteiger partial charge in [-0.1, -0.05) is 47.0 Å². The van der Waals surface area contributed by atoms with Gasteiger partial charge in [-0.15, -0.1) is 0 Å². The molecule has 0 aliphatic rings. The molecule has 0 aliphatic heterocycles. The van der Waals surface area contributed by atoms with Gasteiger partial charge in [0.2, 0.25) is 5.78 Å². The van der Waals surface area contributed by atoms with Gasteiger partial charge in [0.15, 0.2) is 0 Å². The van der Waals surface area contributed by atoms with Crippen LogP contribution in [0.4, 0.5) is 0 Å². The summed E-state index contributed by atoms with van der Waals surface area (Å²) in [6, 6.07) is 0. The van der Waals surface area contributed by atoms with Crippen molar-refractivity contribution in [1.29, 1.82) is 0 Å². The van der Waals surface area contributed by atoms with Crippen molar-refractivity contribution in [3.05, 3.63) is 0 Å². The lowest BCUT2D eigenvalue weighted by Gasteiger charge is -2.31. The maximum atomic E-state index is 12.9. The highest BCUT2D eigenvalue weighted by atomic mass is 16.7. The molecule has 6 heteroatoms. The van der Waals surface area contributed by atoms with E-state index in [-0.39, 0.29) is 13.2 Å². The molecule has 0 saturated heterocycles. The highest BCUT2D eigenvalue weighted by Crippen LogP contribution is 2.22. The molecule has 0 saturated carbocycles. The fourth-order valence-electron chi connectivity index (χ4n) is 2.09. The molecule has 1 atom stereocenters. The minimum atomic E-state index is -2.27. The van der Waals surface area contributed by atoms with Gasteiger partial charge >= 0.3 is 11.8 Å². The monoisotopic (exact) mass is 346 g/mol. The van der Waals surface area contributed by atoms with E-state index in [1.165, 1.54) is 0 Å². The van der Waals surface area contributed by atoms with E-state index in [0.717, 1.165) is 25.7 Å². The van der Waals surface area contributed by atoms with Crippen LogP contribution in [0.1, 0.15) is 72.6 Å². The molecule has 1 N–H and O–H groups in total. The van der Waals surface area contributed by atoms with Crippen LogP contribution in [0.2, 0.25) is 0 Å². The van der Waals surface area contributed by atoms with Gasteiger partial charge in [0.1, 0.15) is 6.10 Å². The fourth-order valence-corrected chi connectivity index (χ4v) is 2.09. The third-order valence-corrected chi connectivity index (χ3v) is 3.69. The number of hydrogen-bond acceptors (Lipinski definition) is 5. The highest BCUT2D eigenvalue weighted by molar-refractivity contribution is 6.07. The zero-order valence-electron chi connectivity index (χ0n) is 15.6. The Labute approximate surface area is 145 Å². The van der Waals surface area contributed by atoms with Crippen molar-refractivity contribution >= 4 is 11.8 Å². The molecule has 0 heterocycles. The summed E-state index contributed by atoms with van der Waals surface area (Å²) in [6.07, 6.45) is 4.29. The van der Waals surface area contributed by atoms with Crippen molar-refractivity contribution in [3.63, 3.8) is 0 Å². The van der Waals surface area contributed by atoms with Crippen LogP contribution in [0.3, 0.4) is 0 Å². The van der Waals surface area contributed by atoms with Crippen LogP contribution in [0, 0.1) is 0 Å². The van der Waals surface area contributed by atoms with Gasteiger partial charge in [0.25, 0.3) is 0 Å². The quantitative estimate of drug-likeness (QED) is 0.261. The van der Waals surface area contributed by atoms with E-state index < -0.39 is 23.6 Å². The van der Waals surface area contributed by atoms with Crippen LogP contribution in [0.25, 0.3) is 0 Å². The Bertz CT molecular complexity index is 345. The molecule has 142 valence electrons. The minimum absolute atomic E-state index is 0.159. The Morgan fingerprint density at radius 1 is 0.875 bits per heavy atom. The number of ketones is 1. The van der Waals surface area contributed by atoms with Gasteiger partial charge in [-0.25, -0.2) is 4.79 Å². The summed E-state index contributed by atoms with van der Waals surface area (Å²) >= 11 is 0. The summed E-state index contributed by atoms with van der Waals surface area (Å²) in [4.78, 5) is 24.7. The number of Topliss-reactive ketones (excluding diaryl/α,β-unsaturated/α-hetero) is 1. The average Bonchev–Trinajstić information content (AvgIpc) is 2.57. The number of unbranched alkanes of at least 4 members (excludes halogenated alkanes) is 3. The summed E-state index contributed by atoms with van der Waals surface area (Å²) < 4.78 is 16.5. The van der Waals surface area contributed by atoms with Gasteiger partial charge in [-0.3, -0.25) is 4.79 Å². The number of aliphatic carboxylic acids is 1. The maximum absolute atomic E-state index is 12.9. The summed E-state index contributed by atoms with van der Waals surface area (Å²) in [7, 11) is 0. The van der Waals surface area contributed by atoms with Crippen molar-refractivity contribution in [1.82, 2.24) is 0 Å². The largest absolute Gasteiger partial charge is 0.477 e. The maximum Gasteiger partial charge on any atom is 0.373 e. The molecule has 1 unspecified atom stereocenters. The van der Waals surface area contributed by atoms with Crippen molar-refractivity contribution in [3.8, 4) is 0 Å². The first kappa shape index (κ1) is 23.0. The van der Waals surface area contributed by atoms with E-state index >= 15 is 0 Å². The molecule has 0 spiro atoms. The zero-order chi connectivity index (χ0) is 18.4. The predicted molar refractivity (Wildman–Crippen MR) is 92.0 cm³/mol. The number of hydrogen-bond donors (Lipinski definition) is 1. The normalized spacial score (nSPS) is 13.0. The molecule has 24 heavy (non-hydrogen) atoms. The Balaban J connectivity index is 5.25. The number of rotatable bonds is 16. The van der Waals surface area contributed by atoms with E-state index in [1.807, 2.05) is 20.8 Å². The number of carbonyl (C=O) groups excluding carboxylic acids is 1. The number of carbonyl (C=O) groups is 2. The third-order valence-electron chi connectivity index (χ3n) is 3.69. The Morgan fingerprint density at radius 3 is 1.71 bits per heavy atom. The third kappa shape index (κ3) is 7.28. The van der Waals surface area contributed by atoms with Crippen LogP contribution < -0.4 is 0 Å². The first-order chi connectivity index (χ1) is 11.5. The van der Waals surface area contributed by atoms with Gasteiger partial charge in [0, 0.05) is 6.61 Å². The number of ether oxygens (including phenoxy) is 3. The molecule has 0 fully saturated rings. The molecular formula is C18H34O6. The van der Waals surface area contributed by atoms with Crippen LogP contribution in [0.5, 0.6) is 0 Å². The first-order valence-electron chi connectivity index (χ1n) is 9.17. The molecule has 6 nitrogen and oxygen atoms in total. The van der Waals surface area contributed by atoms with Crippen molar-refractivity contribution in [2.24, 2.45) is 0 Å². The van der Waals surface area contributed by atoms with E-state index in [1.54, 1.807) is 6.92 Å². The number of carboxylic acids is 1. The minimum Gasteiger partial charge on any atom is -0.477 e. The van der Waals surface area contributed by atoms with E-state index in [4.69, 9.17) is 14.2 Å². The highest BCUT2D eigenvalue weighted by Gasteiger charge is 2.52. The van der Waals surface area contributed by atoms with Crippen LogP contribution in [0.15, 0.2) is 0 Å². The lowest BCUT2D eigenvalue weighted by molar-refractivity contribution is -0.242. The second-order valence-electron chi connectivity index (χ2n) is 5.81. The topological polar surface area (TPSA) is 82.1 Å². The zero-order valence-corrected chi connectivity index (χ0v) is 15.6. The molecule has 0 amide bonds. The predicted octanol–water partition coefficient (Wildman–Crippen LogP) is 3.57. The lowest BCUT2D eigenvalue weighted by Crippen LogP contribution is -2.56. The van der Waals surface area contributed by atoms with E-state index in [0.29, 0.717) is 25.9 Å².